The number of carbonyl (C=O) groups is 3. The molecule has 0 bridgehead atoms. The van der Waals surface area contributed by atoms with Crippen LogP contribution in [0, 0.1) is 0 Å². The molecular weight excluding hydrogens is 383 g/mol. The first-order valence-corrected chi connectivity index (χ1v) is 9.09. The summed E-state index contributed by atoms with van der Waals surface area (Å²) in [6.07, 6.45) is 0. The first-order valence-electron chi connectivity index (χ1n) is 7.45. The van der Waals surface area contributed by atoms with Crippen LogP contribution in [0.5, 0.6) is 0 Å². The molecule has 0 saturated heterocycles. The van der Waals surface area contributed by atoms with Gasteiger partial charge >= 0.3 is 0 Å². The zero-order valence-electron chi connectivity index (χ0n) is 13.5. The second kappa shape index (κ2) is 6.78. The molecule has 0 saturated carbocycles. The maximum atomic E-state index is 12.7. The predicted octanol–water partition coefficient (Wildman–Crippen LogP) is 3.70. The summed E-state index contributed by atoms with van der Waals surface area (Å²) < 4.78 is 0. The molecule has 1 unspecified atom stereocenters. The smallest absolute Gasteiger partial charge is 0.262 e. The van der Waals surface area contributed by atoms with Gasteiger partial charge in [-0.2, -0.15) is 0 Å². The van der Waals surface area contributed by atoms with Gasteiger partial charge in [-0.25, -0.2) is 0 Å². The highest BCUT2D eigenvalue weighted by molar-refractivity contribution is 7.09. The van der Waals surface area contributed by atoms with Crippen LogP contribution in [0.4, 0.5) is 0 Å². The number of imide groups is 1. The number of amides is 3. The molecule has 0 aliphatic carbocycles. The fourth-order valence-corrected chi connectivity index (χ4v) is 3.83. The van der Waals surface area contributed by atoms with E-state index in [0.717, 1.165) is 9.78 Å². The lowest BCUT2D eigenvalue weighted by atomic mass is 10.1. The highest BCUT2D eigenvalue weighted by Crippen LogP contribution is 2.32. The van der Waals surface area contributed by atoms with Crippen molar-refractivity contribution in [2.24, 2.45) is 0 Å². The Balaban J connectivity index is 1.83. The Bertz CT molecular complexity index is 826. The fourth-order valence-electron chi connectivity index (χ4n) is 2.75. The van der Waals surface area contributed by atoms with Crippen LogP contribution in [0.1, 0.15) is 32.5 Å². The van der Waals surface area contributed by atoms with Crippen molar-refractivity contribution in [1.29, 1.82) is 0 Å². The molecule has 1 aromatic heterocycles. The quantitative estimate of drug-likeness (QED) is 0.740. The first kappa shape index (κ1) is 17.9. The Morgan fingerprint density at radius 2 is 1.76 bits per heavy atom. The minimum Gasteiger partial charge on any atom is -0.339 e. The monoisotopic (exact) mass is 396 g/mol. The molecule has 130 valence electrons. The molecule has 1 aliphatic rings. The van der Waals surface area contributed by atoms with Gasteiger partial charge in [0.1, 0.15) is 6.04 Å². The number of hydrogen-bond acceptors (Lipinski definition) is 4. The molecule has 25 heavy (non-hydrogen) atoms. The van der Waals surface area contributed by atoms with Gasteiger partial charge in [0.25, 0.3) is 11.8 Å². The zero-order chi connectivity index (χ0) is 18.3. The van der Waals surface area contributed by atoms with Gasteiger partial charge in [-0.1, -0.05) is 29.3 Å². The van der Waals surface area contributed by atoms with Gasteiger partial charge in [0.2, 0.25) is 5.91 Å². The van der Waals surface area contributed by atoms with Crippen LogP contribution >= 0.6 is 34.5 Å². The molecule has 8 heteroatoms. The van der Waals surface area contributed by atoms with E-state index in [-0.39, 0.29) is 27.1 Å². The van der Waals surface area contributed by atoms with E-state index in [1.807, 2.05) is 17.5 Å². The van der Waals surface area contributed by atoms with Crippen molar-refractivity contribution in [3.8, 4) is 0 Å². The Kier molecular flexibility index (Phi) is 4.86. The number of nitrogens with zero attached hydrogens (tertiary/aromatic N) is 2. The van der Waals surface area contributed by atoms with Crippen LogP contribution in [-0.2, 0) is 11.3 Å². The summed E-state index contributed by atoms with van der Waals surface area (Å²) in [5.74, 6) is -1.40. The molecule has 3 rings (SSSR count). The minimum absolute atomic E-state index is 0.167. The van der Waals surface area contributed by atoms with Crippen molar-refractivity contribution in [3.63, 3.8) is 0 Å². The maximum absolute atomic E-state index is 12.7. The number of rotatable bonds is 4. The second-order valence-corrected chi connectivity index (χ2v) is 7.59. The van der Waals surface area contributed by atoms with Gasteiger partial charge in [0.05, 0.1) is 27.7 Å². The van der Waals surface area contributed by atoms with Crippen molar-refractivity contribution in [1.82, 2.24) is 9.80 Å². The maximum Gasteiger partial charge on any atom is 0.262 e. The summed E-state index contributed by atoms with van der Waals surface area (Å²) in [4.78, 5) is 41.3. The molecular formula is C17H14Cl2N2O3S. The predicted molar refractivity (Wildman–Crippen MR) is 97.2 cm³/mol. The van der Waals surface area contributed by atoms with E-state index in [2.05, 4.69) is 0 Å². The summed E-state index contributed by atoms with van der Waals surface area (Å²) in [5, 5.41) is 2.31. The number of fused-ring (bicyclic) bond motifs is 1. The van der Waals surface area contributed by atoms with Crippen LogP contribution in [0.2, 0.25) is 10.0 Å². The highest BCUT2D eigenvalue weighted by atomic mass is 35.5. The number of halogens is 2. The molecule has 3 amide bonds. The van der Waals surface area contributed by atoms with Gasteiger partial charge in [-0.3, -0.25) is 19.3 Å². The molecule has 5 nitrogen and oxygen atoms in total. The van der Waals surface area contributed by atoms with Crippen LogP contribution in [0.25, 0.3) is 0 Å². The summed E-state index contributed by atoms with van der Waals surface area (Å²) in [5.41, 5.74) is 0.333. The number of hydrogen-bond donors (Lipinski definition) is 0. The van der Waals surface area contributed by atoms with Crippen LogP contribution in [0.3, 0.4) is 0 Å². The Morgan fingerprint density at radius 1 is 1.20 bits per heavy atom. The van der Waals surface area contributed by atoms with Crippen LogP contribution in [-0.4, -0.2) is 40.6 Å². The van der Waals surface area contributed by atoms with Crippen molar-refractivity contribution >= 4 is 52.3 Å². The van der Waals surface area contributed by atoms with Gasteiger partial charge in [0, 0.05) is 11.9 Å². The molecule has 1 aromatic carbocycles. The molecule has 0 fully saturated rings. The van der Waals surface area contributed by atoms with Crippen molar-refractivity contribution < 1.29 is 14.4 Å². The van der Waals surface area contributed by atoms with E-state index in [1.54, 1.807) is 7.05 Å². The molecule has 1 aliphatic heterocycles. The van der Waals surface area contributed by atoms with Crippen LogP contribution in [0.15, 0.2) is 29.6 Å². The number of thiophene rings is 1. The van der Waals surface area contributed by atoms with Crippen molar-refractivity contribution in [2.45, 2.75) is 19.5 Å². The van der Waals surface area contributed by atoms with Crippen molar-refractivity contribution in [3.05, 3.63) is 55.7 Å². The molecule has 0 N–H and O–H groups in total. The van der Waals surface area contributed by atoms with Gasteiger partial charge < -0.3 is 4.90 Å². The van der Waals surface area contributed by atoms with E-state index in [9.17, 15) is 14.4 Å². The molecule has 2 heterocycles. The summed E-state index contributed by atoms with van der Waals surface area (Å²) in [6.45, 7) is 1.96. The van der Waals surface area contributed by atoms with E-state index in [1.165, 1.54) is 35.3 Å². The van der Waals surface area contributed by atoms with Crippen molar-refractivity contribution in [2.75, 3.05) is 7.05 Å². The Hall–Kier alpha value is -1.89. The average molecular weight is 397 g/mol. The Labute approximate surface area is 158 Å². The average Bonchev–Trinajstić information content (AvgIpc) is 3.15. The lowest BCUT2D eigenvalue weighted by Crippen LogP contribution is -2.48. The largest absolute Gasteiger partial charge is 0.339 e. The number of benzene rings is 1. The molecule has 0 radical (unpaired) electrons. The van der Waals surface area contributed by atoms with Gasteiger partial charge in [-0.05, 0) is 30.5 Å². The topological polar surface area (TPSA) is 57.7 Å². The van der Waals surface area contributed by atoms with E-state index >= 15 is 0 Å². The summed E-state index contributed by atoms with van der Waals surface area (Å²) in [7, 11) is 1.64. The highest BCUT2D eigenvalue weighted by Gasteiger charge is 2.42. The third kappa shape index (κ3) is 3.17. The molecule has 0 spiro atoms. The fraction of sp³-hybridized carbons (Fsp3) is 0.235. The van der Waals surface area contributed by atoms with E-state index in [4.69, 9.17) is 23.2 Å². The lowest BCUT2D eigenvalue weighted by molar-refractivity contribution is -0.134. The van der Waals surface area contributed by atoms with E-state index in [0.29, 0.717) is 6.54 Å². The normalized spacial score (nSPS) is 14.6. The van der Waals surface area contributed by atoms with Gasteiger partial charge in [-0.15, -0.1) is 11.3 Å². The summed E-state index contributed by atoms with van der Waals surface area (Å²) in [6, 6.07) is 5.64. The third-order valence-electron chi connectivity index (χ3n) is 4.05. The molecule has 2 aromatic rings. The number of likely N-dealkylation sites (N-methyl/N-ethyl adjacent to an activating group) is 1. The van der Waals surface area contributed by atoms with Gasteiger partial charge in [0.15, 0.2) is 0 Å². The second-order valence-electron chi connectivity index (χ2n) is 5.74. The summed E-state index contributed by atoms with van der Waals surface area (Å²) >= 11 is 13.4. The minimum atomic E-state index is -0.921. The third-order valence-corrected chi connectivity index (χ3v) is 5.64. The Morgan fingerprint density at radius 3 is 2.24 bits per heavy atom. The first-order chi connectivity index (χ1) is 11.8. The number of carbonyl (C=O) groups excluding carboxylic acids is 3. The molecule has 1 atom stereocenters. The zero-order valence-corrected chi connectivity index (χ0v) is 15.8. The SMILES string of the molecule is CC(C(=O)N(C)Cc1cccs1)N1C(=O)c2cc(Cl)c(Cl)cc2C1=O. The standard InChI is InChI=1S/C17H14Cl2N2O3S/c1-9(15(22)20(2)8-10-4-3-5-25-10)21-16(23)11-6-13(18)14(19)7-12(11)17(21)24/h3-7,9H,8H2,1-2H3. The van der Waals surface area contributed by atoms with E-state index < -0.39 is 17.9 Å². The van der Waals surface area contributed by atoms with Crippen LogP contribution < -0.4 is 0 Å². The lowest BCUT2D eigenvalue weighted by Gasteiger charge is -2.26.